The van der Waals surface area contributed by atoms with Crippen molar-refractivity contribution in [2.75, 3.05) is 0 Å². The third kappa shape index (κ3) is 2.41. The molecule has 1 aromatic carbocycles. The minimum atomic E-state index is -0.555. The number of nitro groups is 1. The zero-order valence-electron chi connectivity index (χ0n) is 6.58. The van der Waals surface area contributed by atoms with Crippen molar-refractivity contribution in [3.63, 3.8) is 0 Å². The molecular weight excluding hydrogens is 192 g/mol. The van der Waals surface area contributed by atoms with Crippen LogP contribution in [0.4, 0.5) is 5.69 Å². The first-order valence-electron chi connectivity index (χ1n) is 3.45. The molecule has 0 aromatic heterocycles. The standard InChI is InChI=1S/C7H8N2O3S/c8-7(13-12)5-1-3-6(4-2-5)9(10)11/h1-4,7,12H,8H2. The van der Waals surface area contributed by atoms with Gasteiger partial charge in [0.2, 0.25) is 0 Å². The molecule has 1 aromatic rings. The predicted molar refractivity (Wildman–Crippen MR) is 50.2 cm³/mol. The number of nitrogens with two attached hydrogens (primary N) is 1. The highest BCUT2D eigenvalue weighted by molar-refractivity contribution is 7.93. The molecule has 6 heteroatoms. The number of nitrogens with zero attached hydrogens (tertiary/aromatic N) is 1. The van der Waals surface area contributed by atoms with Crippen LogP contribution in [0.5, 0.6) is 0 Å². The first-order valence-corrected chi connectivity index (χ1v) is 4.29. The van der Waals surface area contributed by atoms with E-state index in [-0.39, 0.29) is 5.69 Å². The molecule has 5 nitrogen and oxygen atoms in total. The summed E-state index contributed by atoms with van der Waals surface area (Å²) in [7, 11) is 0. The Labute approximate surface area is 78.9 Å². The summed E-state index contributed by atoms with van der Waals surface area (Å²) in [5, 5.41) is 9.72. The fraction of sp³-hybridized carbons (Fsp3) is 0.143. The van der Waals surface area contributed by atoms with Gasteiger partial charge in [0.05, 0.1) is 4.92 Å². The smallest absolute Gasteiger partial charge is 0.269 e. The maximum Gasteiger partial charge on any atom is 0.269 e. The van der Waals surface area contributed by atoms with E-state index in [9.17, 15) is 10.1 Å². The lowest BCUT2D eigenvalue weighted by Crippen LogP contribution is -2.04. The van der Waals surface area contributed by atoms with Gasteiger partial charge in [0.25, 0.3) is 5.69 Å². The number of non-ortho nitro benzene ring substituents is 1. The molecule has 1 unspecified atom stereocenters. The lowest BCUT2D eigenvalue weighted by Gasteiger charge is -2.05. The van der Waals surface area contributed by atoms with Crippen LogP contribution in [-0.4, -0.2) is 9.48 Å². The molecule has 1 atom stereocenters. The molecule has 3 N–H and O–H groups in total. The molecule has 70 valence electrons. The van der Waals surface area contributed by atoms with Crippen LogP contribution in [0.25, 0.3) is 0 Å². The second-order valence-corrected chi connectivity index (χ2v) is 3.09. The van der Waals surface area contributed by atoms with Gasteiger partial charge in [-0.3, -0.25) is 10.1 Å². The van der Waals surface area contributed by atoms with Gasteiger partial charge in [0.15, 0.2) is 0 Å². The topological polar surface area (TPSA) is 89.4 Å². The van der Waals surface area contributed by atoms with Crippen LogP contribution in [0.2, 0.25) is 0 Å². The molecule has 0 spiro atoms. The molecule has 0 aliphatic heterocycles. The van der Waals surface area contributed by atoms with E-state index in [0.29, 0.717) is 17.6 Å². The Balaban J connectivity index is 2.87. The van der Waals surface area contributed by atoms with Crippen molar-refractivity contribution >= 4 is 17.7 Å². The van der Waals surface area contributed by atoms with Gasteiger partial charge in [0, 0.05) is 24.2 Å². The van der Waals surface area contributed by atoms with Crippen molar-refractivity contribution in [1.82, 2.24) is 0 Å². The van der Waals surface area contributed by atoms with Crippen LogP contribution in [-0.2, 0) is 0 Å². The minimum absolute atomic E-state index is 0.0129. The van der Waals surface area contributed by atoms with E-state index < -0.39 is 10.3 Å². The van der Waals surface area contributed by atoms with Gasteiger partial charge in [-0.25, -0.2) is 0 Å². The number of nitro benzene ring substituents is 1. The molecule has 0 aliphatic rings. The van der Waals surface area contributed by atoms with Gasteiger partial charge in [-0.1, -0.05) is 0 Å². The van der Waals surface area contributed by atoms with E-state index in [4.69, 9.17) is 10.3 Å². The molecule has 13 heavy (non-hydrogen) atoms. The Morgan fingerprint density at radius 1 is 1.46 bits per heavy atom. The zero-order chi connectivity index (χ0) is 9.84. The third-order valence-corrected chi connectivity index (χ3v) is 2.05. The Morgan fingerprint density at radius 2 is 2.00 bits per heavy atom. The second-order valence-electron chi connectivity index (χ2n) is 2.37. The lowest BCUT2D eigenvalue weighted by atomic mass is 10.2. The first kappa shape index (κ1) is 9.97. The van der Waals surface area contributed by atoms with Crippen LogP contribution in [0, 0.1) is 10.1 Å². The molecule has 0 heterocycles. The van der Waals surface area contributed by atoms with Crippen molar-refractivity contribution in [2.45, 2.75) is 5.37 Å². The maximum atomic E-state index is 10.3. The fourth-order valence-electron chi connectivity index (χ4n) is 0.847. The summed E-state index contributed by atoms with van der Waals surface area (Å²) >= 11 is 0.500. The quantitative estimate of drug-likeness (QED) is 0.336. The number of hydrogen-bond donors (Lipinski definition) is 2. The van der Waals surface area contributed by atoms with Gasteiger partial charge < -0.3 is 10.3 Å². The molecule has 0 amide bonds. The molecule has 1 rings (SSSR count). The Bertz CT molecular complexity index is 301. The molecule has 0 radical (unpaired) electrons. The van der Waals surface area contributed by atoms with Crippen LogP contribution in [0.15, 0.2) is 24.3 Å². The van der Waals surface area contributed by atoms with E-state index in [1.807, 2.05) is 0 Å². The normalized spacial score (nSPS) is 12.5. The highest BCUT2D eigenvalue weighted by Crippen LogP contribution is 2.22. The minimum Gasteiger partial charge on any atom is -0.328 e. The van der Waals surface area contributed by atoms with E-state index in [2.05, 4.69) is 0 Å². The highest BCUT2D eigenvalue weighted by atomic mass is 32.2. The summed E-state index contributed by atoms with van der Waals surface area (Å²) in [5.41, 5.74) is 6.13. The Morgan fingerprint density at radius 3 is 2.38 bits per heavy atom. The zero-order valence-corrected chi connectivity index (χ0v) is 7.40. The summed E-state index contributed by atoms with van der Waals surface area (Å²) in [6, 6.07) is 5.74. The van der Waals surface area contributed by atoms with Gasteiger partial charge in [-0.05, 0) is 17.7 Å². The number of hydrogen-bond acceptors (Lipinski definition) is 5. The number of rotatable bonds is 3. The van der Waals surface area contributed by atoms with E-state index in [0.717, 1.165) is 0 Å². The average molecular weight is 200 g/mol. The summed E-state index contributed by atoms with van der Waals surface area (Å²) in [6.45, 7) is 0. The molecule has 0 saturated carbocycles. The molecule has 0 saturated heterocycles. The van der Waals surface area contributed by atoms with E-state index in [1.54, 1.807) is 0 Å². The fourth-order valence-corrected chi connectivity index (χ4v) is 1.13. The third-order valence-electron chi connectivity index (χ3n) is 1.55. The van der Waals surface area contributed by atoms with Crippen molar-refractivity contribution in [1.29, 1.82) is 0 Å². The molecular formula is C7H8N2O3S. The Hall–Kier alpha value is -1.11. The van der Waals surface area contributed by atoms with Crippen molar-refractivity contribution in [3.8, 4) is 0 Å². The van der Waals surface area contributed by atoms with Gasteiger partial charge in [0.1, 0.15) is 5.37 Å². The molecule has 0 bridgehead atoms. The molecule has 0 aliphatic carbocycles. The summed E-state index contributed by atoms with van der Waals surface area (Å²) in [6.07, 6.45) is 0. The van der Waals surface area contributed by atoms with Crippen molar-refractivity contribution in [2.24, 2.45) is 5.73 Å². The predicted octanol–water partition coefficient (Wildman–Crippen LogP) is 1.76. The van der Waals surface area contributed by atoms with E-state index >= 15 is 0 Å². The summed E-state index contributed by atoms with van der Waals surface area (Å²) < 4.78 is 8.62. The largest absolute Gasteiger partial charge is 0.328 e. The maximum absolute atomic E-state index is 10.3. The highest BCUT2D eigenvalue weighted by Gasteiger charge is 2.08. The summed E-state index contributed by atoms with van der Waals surface area (Å²) in [5.74, 6) is 0. The summed E-state index contributed by atoms with van der Waals surface area (Å²) in [4.78, 5) is 9.79. The monoisotopic (exact) mass is 200 g/mol. The van der Waals surface area contributed by atoms with Crippen LogP contribution < -0.4 is 5.73 Å². The Kier molecular flexibility index (Phi) is 3.24. The first-order chi connectivity index (χ1) is 6.15. The average Bonchev–Trinajstić information content (AvgIpc) is 2.17. The lowest BCUT2D eigenvalue weighted by molar-refractivity contribution is -0.384. The van der Waals surface area contributed by atoms with Gasteiger partial charge in [-0.2, -0.15) is 0 Å². The SMILES string of the molecule is NC(SO)c1ccc([N+](=O)[O-])cc1. The van der Waals surface area contributed by atoms with Crippen LogP contribution >= 0.6 is 12.0 Å². The van der Waals surface area contributed by atoms with Crippen molar-refractivity contribution in [3.05, 3.63) is 39.9 Å². The van der Waals surface area contributed by atoms with E-state index in [1.165, 1.54) is 24.3 Å². The van der Waals surface area contributed by atoms with Crippen molar-refractivity contribution < 1.29 is 9.48 Å². The second kappa shape index (κ2) is 4.22. The van der Waals surface area contributed by atoms with Crippen LogP contribution in [0.3, 0.4) is 0 Å². The number of benzene rings is 1. The van der Waals surface area contributed by atoms with Crippen LogP contribution in [0.1, 0.15) is 10.9 Å². The molecule has 0 fully saturated rings. The van der Waals surface area contributed by atoms with Gasteiger partial charge >= 0.3 is 0 Å². The van der Waals surface area contributed by atoms with Gasteiger partial charge in [-0.15, -0.1) is 0 Å².